The van der Waals surface area contributed by atoms with Crippen LogP contribution in [0, 0.1) is 22.7 Å². The van der Waals surface area contributed by atoms with Crippen molar-refractivity contribution in [3.05, 3.63) is 0 Å². The van der Waals surface area contributed by atoms with E-state index in [4.69, 9.17) is 5.26 Å². The molecule has 0 N–H and O–H groups in total. The second-order valence-electron chi connectivity index (χ2n) is 2.92. The summed E-state index contributed by atoms with van der Waals surface area (Å²) in [4.78, 5) is 0. The van der Waals surface area contributed by atoms with Crippen molar-refractivity contribution in [1.29, 1.82) is 5.26 Å². The first-order chi connectivity index (χ1) is 4.71. The number of hydrogen-bond donors (Lipinski definition) is 0. The van der Waals surface area contributed by atoms with Gasteiger partial charge in [-0.05, 0) is 18.8 Å². The fraction of sp³-hybridized carbons (Fsp3) is 0.889. The van der Waals surface area contributed by atoms with E-state index in [0.29, 0.717) is 5.92 Å². The van der Waals surface area contributed by atoms with E-state index in [1.807, 2.05) is 13.8 Å². The van der Waals surface area contributed by atoms with Gasteiger partial charge in [0.15, 0.2) is 0 Å². The van der Waals surface area contributed by atoms with Crippen molar-refractivity contribution in [3.63, 3.8) is 0 Å². The normalized spacial score (nSPS) is 18.8. The molecule has 0 amide bonds. The molecule has 10 heavy (non-hydrogen) atoms. The van der Waals surface area contributed by atoms with Crippen LogP contribution in [0.1, 0.15) is 40.5 Å². The Bertz CT molecular complexity index is 126. The van der Waals surface area contributed by atoms with E-state index in [9.17, 15) is 0 Å². The highest BCUT2D eigenvalue weighted by Crippen LogP contribution is 2.50. The smallest absolute Gasteiger partial charge is 0.0692 e. The van der Waals surface area contributed by atoms with Gasteiger partial charge in [0.25, 0.3) is 0 Å². The van der Waals surface area contributed by atoms with E-state index >= 15 is 0 Å². The zero-order valence-corrected chi connectivity index (χ0v) is 7.44. The molecule has 1 saturated carbocycles. The standard InChI is InChI=1S/C7H11N.C2H6/c1-6(2)7(5-8)3-4-7;1-2/h6H,3-4H2,1-2H3;1-2H3. The Morgan fingerprint density at radius 2 is 1.70 bits per heavy atom. The Hall–Kier alpha value is -0.510. The lowest BCUT2D eigenvalue weighted by atomic mass is 9.95. The third-order valence-electron chi connectivity index (χ3n) is 2.12. The van der Waals surface area contributed by atoms with Crippen LogP contribution >= 0.6 is 0 Å². The van der Waals surface area contributed by atoms with E-state index in [-0.39, 0.29) is 5.41 Å². The van der Waals surface area contributed by atoms with Crippen LogP contribution in [0.2, 0.25) is 0 Å². The molecule has 0 saturated heterocycles. The zero-order valence-electron chi connectivity index (χ0n) is 7.44. The number of nitriles is 1. The Labute approximate surface area is 64.1 Å². The fourth-order valence-corrected chi connectivity index (χ4v) is 0.953. The van der Waals surface area contributed by atoms with Gasteiger partial charge >= 0.3 is 0 Å². The van der Waals surface area contributed by atoms with Gasteiger partial charge < -0.3 is 0 Å². The molecule has 1 rings (SSSR count). The minimum Gasteiger partial charge on any atom is -0.198 e. The molecule has 0 radical (unpaired) electrons. The number of hydrogen-bond acceptors (Lipinski definition) is 1. The Morgan fingerprint density at radius 3 is 1.70 bits per heavy atom. The van der Waals surface area contributed by atoms with Crippen molar-refractivity contribution in [2.45, 2.75) is 40.5 Å². The molecule has 0 aliphatic heterocycles. The largest absolute Gasteiger partial charge is 0.198 e. The molecule has 0 heterocycles. The van der Waals surface area contributed by atoms with E-state index < -0.39 is 0 Å². The monoisotopic (exact) mass is 139 g/mol. The maximum Gasteiger partial charge on any atom is 0.0692 e. The van der Waals surface area contributed by atoms with Crippen LogP contribution in [0.5, 0.6) is 0 Å². The van der Waals surface area contributed by atoms with Crippen LogP contribution in [0.25, 0.3) is 0 Å². The van der Waals surface area contributed by atoms with Crippen LogP contribution in [0.15, 0.2) is 0 Å². The summed E-state index contributed by atoms with van der Waals surface area (Å²) in [7, 11) is 0. The van der Waals surface area contributed by atoms with Crippen LogP contribution in [0.3, 0.4) is 0 Å². The first-order valence-corrected chi connectivity index (χ1v) is 4.12. The molecule has 1 aliphatic rings. The molecule has 1 nitrogen and oxygen atoms in total. The van der Waals surface area contributed by atoms with Crippen LogP contribution in [-0.2, 0) is 0 Å². The van der Waals surface area contributed by atoms with Gasteiger partial charge in [0.1, 0.15) is 0 Å². The Balaban J connectivity index is 0.000000371. The molecule has 0 spiro atoms. The predicted molar refractivity (Wildman–Crippen MR) is 43.5 cm³/mol. The molecule has 0 aromatic carbocycles. The highest BCUT2D eigenvalue weighted by molar-refractivity contribution is 5.11. The molecular formula is C9H17N. The van der Waals surface area contributed by atoms with Crippen molar-refractivity contribution >= 4 is 0 Å². The molecule has 0 unspecified atom stereocenters. The van der Waals surface area contributed by atoms with Gasteiger partial charge in [-0.2, -0.15) is 5.26 Å². The number of nitrogens with zero attached hydrogens (tertiary/aromatic N) is 1. The van der Waals surface area contributed by atoms with Crippen LogP contribution in [0.4, 0.5) is 0 Å². The molecule has 1 fully saturated rings. The lowest BCUT2D eigenvalue weighted by Crippen LogP contribution is -2.04. The topological polar surface area (TPSA) is 23.8 Å². The molecule has 1 aliphatic carbocycles. The second kappa shape index (κ2) is 3.61. The Kier molecular flexibility index (Phi) is 3.42. The lowest BCUT2D eigenvalue weighted by Gasteiger charge is -2.07. The van der Waals surface area contributed by atoms with Crippen molar-refractivity contribution < 1.29 is 0 Å². The molecule has 58 valence electrons. The summed E-state index contributed by atoms with van der Waals surface area (Å²) in [5.41, 5.74) is 0.0972. The van der Waals surface area contributed by atoms with Gasteiger partial charge in [0, 0.05) is 0 Å². The summed E-state index contributed by atoms with van der Waals surface area (Å²) in [6.07, 6.45) is 2.25. The first-order valence-electron chi connectivity index (χ1n) is 4.12. The predicted octanol–water partition coefficient (Wildman–Crippen LogP) is 2.97. The molecular weight excluding hydrogens is 122 g/mol. The van der Waals surface area contributed by atoms with Crippen molar-refractivity contribution in [2.24, 2.45) is 11.3 Å². The summed E-state index contributed by atoms with van der Waals surface area (Å²) >= 11 is 0. The fourth-order valence-electron chi connectivity index (χ4n) is 0.953. The third-order valence-corrected chi connectivity index (χ3v) is 2.12. The van der Waals surface area contributed by atoms with Gasteiger partial charge in [-0.15, -0.1) is 0 Å². The molecule has 0 atom stereocenters. The summed E-state index contributed by atoms with van der Waals surface area (Å²) < 4.78 is 0. The highest BCUT2D eigenvalue weighted by Gasteiger charge is 2.45. The summed E-state index contributed by atoms with van der Waals surface area (Å²) in [5.74, 6) is 0.562. The molecule has 1 heteroatoms. The van der Waals surface area contributed by atoms with Gasteiger partial charge in [-0.1, -0.05) is 27.7 Å². The van der Waals surface area contributed by atoms with Crippen molar-refractivity contribution in [2.75, 3.05) is 0 Å². The summed E-state index contributed by atoms with van der Waals surface area (Å²) in [6, 6.07) is 2.35. The minimum atomic E-state index is 0.0972. The third kappa shape index (κ3) is 1.73. The van der Waals surface area contributed by atoms with Crippen molar-refractivity contribution in [3.8, 4) is 6.07 Å². The van der Waals surface area contributed by atoms with E-state index in [1.54, 1.807) is 0 Å². The number of rotatable bonds is 1. The lowest BCUT2D eigenvalue weighted by molar-refractivity contribution is 0.459. The summed E-state index contributed by atoms with van der Waals surface area (Å²) in [6.45, 7) is 8.24. The summed E-state index contributed by atoms with van der Waals surface area (Å²) in [5, 5.41) is 8.58. The highest BCUT2D eigenvalue weighted by atomic mass is 14.5. The van der Waals surface area contributed by atoms with Crippen molar-refractivity contribution in [1.82, 2.24) is 0 Å². The van der Waals surface area contributed by atoms with Gasteiger partial charge in [-0.25, -0.2) is 0 Å². The van der Waals surface area contributed by atoms with E-state index in [2.05, 4.69) is 19.9 Å². The van der Waals surface area contributed by atoms with Gasteiger partial charge in [0.2, 0.25) is 0 Å². The average molecular weight is 139 g/mol. The second-order valence-corrected chi connectivity index (χ2v) is 2.92. The minimum absolute atomic E-state index is 0.0972. The molecule has 0 aromatic rings. The van der Waals surface area contributed by atoms with E-state index in [0.717, 1.165) is 12.8 Å². The van der Waals surface area contributed by atoms with Crippen LogP contribution in [-0.4, -0.2) is 0 Å². The zero-order chi connectivity index (χ0) is 8.20. The maximum absolute atomic E-state index is 8.58. The first kappa shape index (κ1) is 9.49. The molecule has 0 bridgehead atoms. The van der Waals surface area contributed by atoms with Gasteiger partial charge in [-0.3, -0.25) is 0 Å². The maximum atomic E-state index is 8.58. The average Bonchev–Trinajstić information content (AvgIpc) is 2.71. The molecule has 0 aromatic heterocycles. The van der Waals surface area contributed by atoms with Gasteiger partial charge in [0.05, 0.1) is 11.5 Å². The quantitative estimate of drug-likeness (QED) is 0.548. The SMILES string of the molecule is CC.CC(C)C1(C#N)CC1. The van der Waals surface area contributed by atoms with Crippen LogP contribution < -0.4 is 0 Å². The van der Waals surface area contributed by atoms with E-state index in [1.165, 1.54) is 0 Å². The Morgan fingerprint density at radius 1 is 1.30 bits per heavy atom.